The van der Waals surface area contributed by atoms with Gasteiger partial charge in [0.05, 0.1) is 6.54 Å². The van der Waals surface area contributed by atoms with Gasteiger partial charge < -0.3 is 35.2 Å². The summed E-state index contributed by atoms with van der Waals surface area (Å²) < 4.78 is 0. The first-order valence-corrected chi connectivity index (χ1v) is 8.70. The number of hydrogen-bond acceptors (Lipinski definition) is 2. The first-order chi connectivity index (χ1) is 9.77. The summed E-state index contributed by atoms with van der Waals surface area (Å²) in [5.74, 6) is -0.764. The Bertz CT molecular complexity index is 223. The average Bonchev–Trinajstić information content (AvgIpc) is 2.43. The Morgan fingerprint density at radius 3 is 1.43 bits per heavy atom. The maximum Gasteiger partial charge on any atom is 2.00 e. The summed E-state index contributed by atoms with van der Waals surface area (Å²) >= 11 is 0. The van der Waals surface area contributed by atoms with Gasteiger partial charge in [-0.25, -0.2) is 0 Å². The van der Waals surface area contributed by atoms with Crippen molar-refractivity contribution in [2.45, 2.75) is 90.4 Å². The van der Waals surface area contributed by atoms with Crippen LogP contribution in [0.15, 0.2) is 0 Å². The molecular weight excluding hydrogens is 386 g/mol. The second-order valence-electron chi connectivity index (χ2n) is 5.81. The Kier molecular flexibility index (Phi) is 37.5. The summed E-state index contributed by atoms with van der Waals surface area (Å²) in [5.41, 5.74) is 0. The molecule has 0 atom stereocenters. The number of halogens is 2. The molecule has 0 unspecified atom stereocenters. The zero-order valence-corrected chi connectivity index (χ0v) is 19.4. The van der Waals surface area contributed by atoms with Gasteiger partial charge in [0.25, 0.3) is 0 Å². The molecule has 0 aliphatic rings. The molecule has 0 fully saturated rings. The molecule has 3 nitrogen and oxygen atoms in total. The Morgan fingerprint density at radius 1 is 0.739 bits per heavy atom. The Hall–Kier alpha value is 0.633. The zero-order chi connectivity index (χ0) is 14.9. The predicted molar refractivity (Wildman–Crippen MR) is 86.2 cm³/mol. The van der Waals surface area contributed by atoms with Gasteiger partial charge in [-0.1, -0.05) is 84.0 Å². The fraction of sp³-hybridized carbons (Fsp3) is 0.941. The van der Waals surface area contributed by atoms with Crippen LogP contribution in [-0.4, -0.2) is 24.2 Å². The van der Waals surface area contributed by atoms with Gasteiger partial charge in [-0.05, 0) is 13.0 Å². The van der Waals surface area contributed by atoms with Crippen LogP contribution in [0.1, 0.15) is 90.4 Å². The maximum atomic E-state index is 10.3. The molecule has 0 aromatic rings. The van der Waals surface area contributed by atoms with E-state index in [0.717, 1.165) is 13.0 Å². The molecule has 0 bridgehead atoms. The number of hydrogen-bond donors (Lipinski definition) is 2. The van der Waals surface area contributed by atoms with Crippen LogP contribution in [0, 0.1) is 0 Å². The van der Waals surface area contributed by atoms with E-state index in [0.29, 0.717) is 0 Å². The van der Waals surface area contributed by atoms with Crippen LogP contribution >= 0.6 is 0 Å². The number of aliphatic carboxylic acids is 1. The number of unbranched alkanes of at least 4 members (excludes halogenated alkanes) is 12. The molecule has 23 heavy (non-hydrogen) atoms. The second kappa shape index (κ2) is 27.5. The Labute approximate surface area is 168 Å². The minimum Gasteiger partial charge on any atom is -1.00 e. The van der Waals surface area contributed by atoms with Crippen molar-refractivity contribution < 1.29 is 54.2 Å². The third-order valence-electron chi connectivity index (χ3n) is 3.73. The topological polar surface area (TPSA) is 49.3 Å². The van der Waals surface area contributed by atoms with Crippen LogP contribution in [0.4, 0.5) is 0 Å². The quantitative estimate of drug-likeness (QED) is 0.242. The third kappa shape index (κ3) is 31.0. The van der Waals surface area contributed by atoms with E-state index >= 15 is 0 Å². The molecule has 2 N–H and O–H groups in total. The summed E-state index contributed by atoms with van der Waals surface area (Å²) in [6.45, 7) is 3.20. The third-order valence-corrected chi connectivity index (χ3v) is 3.73. The molecule has 0 spiro atoms. The van der Waals surface area contributed by atoms with E-state index in [1.54, 1.807) is 0 Å². The molecule has 0 radical (unpaired) electrons. The summed E-state index contributed by atoms with van der Waals surface area (Å²) in [5, 5.41) is 11.4. The zero-order valence-electron chi connectivity index (χ0n) is 14.9. The first kappa shape index (κ1) is 31.4. The fourth-order valence-electron chi connectivity index (χ4n) is 2.46. The molecule has 0 saturated carbocycles. The average molecular weight is 422 g/mol. The van der Waals surface area contributed by atoms with Crippen molar-refractivity contribution in [1.82, 2.24) is 5.32 Å². The largest absolute Gasteiger partial charge is 2.00 e. The van der Waals surface area contributed by atoms with Crippen molar-refractivity contribution in [2.75, 3.05) is 13.1 Å². The van der Waals surface area contributed by atoms with E-state index in [9.17, 15) is 4.79 Å². The number of carbonyl (C=O) groups is 1. The summed E-state index contributed by atoms with van der Waals surface area (Å²) in [6.07, 6.45) is 17.6. The van der Waals surface area contributed by atoms with E-state index in [2.05, 4.69) is 12.2 Å². The molecule has 6 heteroatoms. The number of carboxylic acid groups (broad SMARTS) is 1. The molecule has 136 valence electrons. The van der Waals surface area contributed by atoms with Gasteiger partial charge in [0.1, 0.15) is 0 Å². The van der Waals surface area contributed by atoms with Crippen LogP contribution in [0.5, 0.6) is 0 Å². The summed E-state index contributed by atoms with van der Waals surface area (Å²) in [6, 6.07) is 0. The van der Waals surface area contributed by atoms with E-state index in [1.807, 2.05) is 0 Å². The second-order valence-corrected chi connectivity index (χ2v) is 5.81. The van der Waals surface area contributed by atoms with Crippen LogP contribution in [0.3, 0.4) is 0 Å². The SMILES string of the molecule is CCCCCCCCCCCCCCCNCC(=O)O.[Cl-].[Cl-].[Zn+2]. The minimum absolute atomic E-state index is 0. The number of nitrogens with one attached hydrogen (secondary N) is 1. The van der Waals surface area contributed by atoms with E-state index in [1.165, 1.54) is 77.0 Å². The normalized spacial score (nSPS) is 9.43. The standard InChI is InChI=1S/C17H35NO2.2ClH.Zn/c1-2-3-4-5-6-7-8-9-10-11-12-13-14-15-18-16-17(19)20;;;/h18H,2-16H2,1H3,(H,19,20);2*1H;/q;;;+2/p-2. The van der Waals surface area contributed by atoms with Gasteiger partial charge in [0.2, 0.25) is 0 Å². The van der Waals surface area contributed by atoms with Crippen molar-refractivity contribution in [3.63, 3.8) is 0 Å². The molecular formula is C17H35Cl2NO2Zn. The predicted octanol–water partition coefficient (Wildman–Crippen LogP) is -1.24. The number of carboxylic acids is 1. The number of rotatable bonds is 16. The van der Waals surface area contributed by atoms with Crippen molar-refractivity contribution in [2.24, 2.45) is 0 Å². The van der Waals surface area contributed by atoms with E-state index in [4.69, 9.17) is 5.11 Å². The van der Waals surface area contributed by atoms with Crippen molar-refractivity contribution in [3.05, 3.63) is 0 Å². The van der Waals surface area contributed by atoms with Gasteiger partial charge in [0, 0.05) is 0 Å². The molecule has 0 aliphatic carbocycles. The van der Waals surface area contributed by atoms with Crippen LogP contribution in [0.2, 0.25) is 0 Å². The van der Waals surface area contributed by atoms with Crippen molar-refractivity contribution in [3.8, 4) is 0 Å². The molecule has 0 aromatic carbocycles. The van der Waals surface area contributed by atoms with E-state index in [-0.39, 0.29) is 50.8 Å². The molecule has 0 aromatic heterocycles. The maximum absolute atomic E-state index is 10.3. The van der Waals surface area contributed by atoms with E-state index < -0.39 is 5.97 Å². The molecule has 0 heterocycles. The summed E-state index contributed by atoms with van der Waals surface area (Å²) in [4.78, 5) is 10.3. The summed E-state index contributed by atoms with van der Waals surface area (Å²) in [7, 11) is 0. The van der Waals surface area contributed by atoms with Gasteiger partial charge in [0.15, 0.2) is 0 Å². The molecule has 0 rings (SSSR count). The molecule has 0 aliphatic heterocycles. The van der Waals surface area contributed by atoms with Crippen LogP contribution in [0.25, 0.3) is 0 Å². The monoisotopic (exact) mass is 419 g/mol. The van der Waals surface area contributed by atoms with Crippen molar-refractivity contribution in [1.29, 1.82) is 0 Å². The van der Waals surface area contributed by atoms with Gasteiger partial charge in [-0.2, -0.15) is 0 Å². The van der Waals surface area contributed by atoms with Gasteiger partial charge in [-0.15, -0.1) is 0 Å². The fourth-order valence-corrected chi connectivity index (χ4v) is 2.46. The first-order valence-electron chi connectivity index (χ1n) is 8.70. The van der Waals surface area contributed by atoms with Gasteiger partial charge >= 0.3 is 25.4 Å². The Balaban J connectivity index is -0.000000602. The van der Waals surface area contributed by atoms with Crippen LogP contribution < -0.4 is 30.1 Å². The smallest absolute Gasteiger partial charge is 1.00 e. The Morgan fingerprint density at radius 2 is 1.09 bits per heavy atom. The van der Waals surface area contributed by atoms with Crippen LogP contribution in [-0.2, 0) is 24.3 Å². The van der Waals surface area contributed by atoms with Crippen molar-refractivity contribution >= 4 is 5.97 Å². The van der Waals surface area contributed by atoms with Gasteiger partial charge in [-0.3, -0.25) is 4.79 Å². The minimum atomic E-state index is -0.764. The molecule has 0 saturated heterocycles. The molecule has 0 amide bonds.